The van der Waals surface area contributed by atoms with Gasteiger partial charge in [-0.2, -0.15) is 0 Å². The molecule has 0 aliphatic carbocycles. The molecule has 4 aromatic rings. The van der Waals surface area contributed by atoms with E-state index in [-0.39, 0.29) is 22.3 Å². The SMILES string of the molecule is COC(=O)c1[nH]c(Cc2ccc(O)cc2)c2oc3ccccc3c(=O)c12. The summed E-state index contributed by atoms with van der Waals surface area (Å²) in [5, 5.41) is 10.0. The maximum atomic E-state index is 12.9. The summed E-state index contributed by atoms with van der Waals surface area (Å²) in [6, 6.07) is 13.6. The number of para-hydroxylation sites is 1. The molecule has 130 valence electrons. The predicted octanol–water partition coefficient (Wildman–Crippen LogP) is 3.36. The number of aromatic amines is 1. The fourth-order valence-corrected chi connectivity index (χ4v) is 3.05. The minimum absolute atomic E-state index is 0.0794. The second kappa shape index (κ2) is 6.07. The summed E-state index contributed by atoms with van der Waals surface area (Å²) >= 11 is 0. The number of hydrogen-bond acceptors (Lipinski definition) is 5. The molecule has 0 unspecified atom stereocenters. The number of nitrogens with one attached hydrogen (secondary N) is 1. The average molecular weight is 349 g/mol. The molecule has 0 bridgehead atoms. The first-order valence-electron chi connectivity index (χ1n) is 8.01. The van der Waals surface area contributed by atoms with Gasteiger partial charge in [0.25, 0.3) is 0 Å². The van der Waals surface area contributed by atoms with Crippen LogP contribution < -0.4 is 5.43 Å². The van der Waals surface area contributed by atoms with Gasteiger partial charge in [0, 0.05) is 6.42 Å². The van der Waals surface area contributed by atoms with E-state index in [2.05, 4.69) is 4.98 Å². The van der Waals surface area contributed by atoms with Crippen molar-refractivity contribution in [1.82, 2.24) is 4.98 Å². The molecule has 0 radical (unpaired) electrons. The molecular formula is C20H15NO5. The Morgan fingerprint density at radius 2 is 1.88 bits per heavy atom. The number of fused-ring (bicyclic) bond motifs is 2. The van der Waals surface area contributed by atoms with Gasteiger partial charge < -0.3 is 19.2 Å². The third-order valence-electron chi connectivity index (χ3n) is 4.30. The normalized spacial score (nSPS) is 11.1. The number of rotatable bonds is 3. The molecular weight excluding hydrogens is 334 g/mol. The molecule has 0 aliphatic rings. The van der Waals surface area contributed by atoms with Crippen molar-refractivity contribution in [2.45, 2.75) is 6.42 Å². The van der Waals surface area contributed by atoms with Crippen molar-refractivity contribution in [2.75, 3.05) is 7.11 Å². The van der Waals surface area contributed by atoms with Gasteiger partial charge >= 0.3 is 5.97 Å². The van der Waals surface area contributed by atoms with Crippen molar-refractivity contribution in [2.24, 2.45) is 0 Å². The van der Waals surface area contributed by atoms with Crippen LogP contribution in [0.25, 0.3) is 21.9 Å². The van der Waals surface area contributed by atoms with Crippen molar-refractivity contribution in [3.8, 4) is 5.75 Å². The highest BCUT2D eigenvalue weighted by Gasteiger charge is 2.23. The topological polar surface area (TPSA) is 92.5 Å². The van der Waals surface area contributed by atoms with Crippen LogP contribution in [0.3, 0.4) is 0 Å². The molecule has 0 amide bonds. The summed E-state index contributed by atoms with van der Waals surface area (Å²) in [6.45, 7) is 0. The van der Waals surface area contributed by atoms with Gasteiger partial charge in [-0.15, -0.1) is 0 Å². The molecule has 26 heavy (non-hydrogen) atoms. The molecule has 4 rings (SSSR count). The first kappa shape index (κ1) is 16.0. The molecule has 2 N–H and O–H groups in total. The van der Waals surface area contributed by atoms with Crippen molar-refractivity contribution in [3.63, 3.8) is 0 Å². The molecule has 0 aliphatic heterocycles. The van der Waals surface area contributed by atoms with Crippen LogP contribution in [0.2, 0.25) is 0 Å². The van der Waals surface area contributed by atoms with Gasteiger partial charge in [0.1, 0.15) is 17.0 Å². The number of aromatic hydroxyl groups is 1. The standard InChI is InChI=1S/C20H15NO5/c1-25-20(24)17-16-18(23)13-4-2-3-5-15(13)26-19(16)14(21-17)10-11-6-8-12(22)9-7-11/h2-9,21-22H,10H2,1H3. The lowest BCUT2D eigenvalue weighted by Crippen LogP contribution is -2.08. The summed E-state index contributed by atoms with van der Waals surface area (Å²) in [6.07, 6.45) is 0.398. The lowest BCUT2D eigenvalue weighted by Gasteiger charge is -2.02. The van der Waals surface area contributed by atoms with Crippen LogP contribution >= 0.6 is 0 Å². The fraction of sp³-hybridized carbons (Fsp3) is 0.100. The van der Waals surface area contributed by atoms with E-state index in [1.807, 2.05) is 0 Å². The molecule has 0 spiro atoms. The highest BCUT2D eigenvalue weighted by molar-refractivity contribution is 6.05. The molecule has 0 saturated carbocycles. The lowest BCUT2D eigenvalue weighted by molar-refractivity contribution is 0.0597. The van der Waals surface area contributed by atoms with Crippen molar-refractivity contribution < 1.29 is 19.1 Å². The number of benzene rings is 2. The monoisotopic (exact) mass is 349 g/mol. The number of carbonyl (C=O) groups excluding carboxylic acids is 1. The zero-order valence-corrected chi connectivity index (χ0v) is 13.9. The first-order chi connectivity index (χ1) is 12.6. The van der Waals surface area contributed by atoms with E-state index in [4.69, 9.17) is 9.15 Å². The van der Waals surface area contributed by atoms with E-state index in [0.717, 1.165) is 5.56 Å². The minimum atomic E-state index is -0.630. The number of ether oxygens (including phenoxy) is 1. The molecule has 6 heteroatoms. The Balaban J connectivity index is 1.99. The summed E-state index contributed by atoms with van der Waals surface area (Å²) in [7, 11) is 1.26. The van der Waals surface area contributed by atoms with Crippen LogP contribution in [0.4, 0.5) is 0 Å². The van der Waals surface area contributed by atoms with Gasteiger partial charge in [-0.1, -0.05) is 24.3 Å². The Bertz CT molecular complexity index is 1180. The van der Waals surface area contributed by atoms with E-state index >= 15 is 0 Å². The van der Waals surface area contributed by atoms with Crippen LogP contribution in [-0.2, 0) is 11.2 Å². The Morgan fingerprint density at radius 1 is 1.15 bits per heavy atom. The van der Waals surface area contributed by atoms with Gasteiger partial charge in [-0.05, 0) is 29.8 Å². The maximum Gasteiger partial charge on any atom is 0.355 e. The highest BCUT2D eigenvalue weighted by atomic mass is 16.5. The van der Waals surface area contributed by atoms with Gasteiger partial charge in [-0.25, -0.2) is 4.79 Å². The second-order valence-corrected chi connectivity index (χ2v) is 5.94. The van der Waals surface area contributed by atoms with Crippen LogP contribution in [0.5, 0.6) is 5.75 Å². The molecule has 0 fully saturated rings. The average Bonchev–Trinajstić information content (AvgIpc) is 3.02. The van der Waals surface area contributed by atoms with E-state index < -0.39 is 5.97 Å². The Kier molecular flexibility index (Phi) is 3.73. The van der Waals surface area contributed by atoms with Gasteiger partial charge in [-0.3, -0.25) is 4.79 Å². The number of aromatic nitrogens is 1. The zero-order valence-electron chi connectivity index (χ0n) is 13.9. The fourth-order valence-electron chi connectivity index (χ4n) is 3.05. The maximum absolute atomic E-state index is 12.9. The number of phenols is 1. The minimum Gasteiger partial charge on any atom is -0.508 e. The van der Waals surface area contributed by atoms with Crippen LogP contribution in [0, 0.1) is 0 Å². The molecule has 0 saturated heterocycles. The zero-order chi connectivity index (χ0) is 18.3. The molecule has 0 atom stereocenters. The summed E-state index contributed by atoms with van der Waals surface area (Å²) in [5.74, 6) is -0.465. The largest absolute Gasteiger partial charge is 0.508 e. The van der Waals surface area contributed by atoms with Crippen LogP contribution in [0.1, 0.15) is 21.7 Å². The number of H-pyrrole nitrogens is 1. The van der Waals surface area contributed by atoms with Crippen LogP contribution in [0.15, 0.2) is 57.7 Å². The van der Waals surface area contributed by atoms with Gasteiger partial charge in [0.05, 0.1) is 23.6 Å². The Labute approximate surface area is 147 Å². The predicted molar refractivity (Wildman–Crippen MR) is 96.6 cm³/mol. The summed E-state index contributed by atoms with van der Waals surface area (Å²) in [4.78, 5) is 28.1. The highest BCUT2D eigenvalue weighted by Crippen LogP contribution is 2.27. The van der Waals surface area contributed by atoms with Crippen molar-refractivity contribution in [3.05, 3.63) is 75.7 Å². The number of hydrogen-bond donors (Lipinski definition) is 2. The number of methoxy groups -OCH3 is 1. The molecule has 6 nitrogen and oxygen atoms in total. The van der Waals surface area contributed by atoms with Crippen molar-refractivity contribution in [1.29, 1.82) is 0 Å². The number of phenolic OH excluding ortho intramolecular Hbond substituents is 1. The second-order valence-electron chi connectivity index (χ2n) is 5.94. The van der Waals surface area contributed by atoms with Gasteiger partial charge in [0.2, 0.25) is 5.43 Å². The van der Waals surface area contributed by atoms with Gasteiger partial charge in [0.15, 0.2) is 5.58 Å². The first-order valence-corrected chi connectivity index (χ1v) is 8.01. The van der Waals surface area contributed by atoms with E-state index in [1.54, 1.807) is 48.5 Å². The number of carbonyl (C=O) groups is 1. The van der Waals surface area contributed by atoms with E-state index in [0.29, 0.717) is 28.7 Å². The summed E-state index contributed by atoms with van der Waals surface area (Å²) in [5.41, 5.74) is 2.06. The van der Waals surface area contributed by atoms with E-state index in [1.165, 1.54) is 7.11 Å². The quantitative estimate of drug-likeness (QED) is 0.553. The third kappa shape index (κ3) is 2.52. The van der Waals surface area contributed by atoms with Crippen molar-refractivity contribution >= 4 is 27.9 Å². The lowest BCUT2D eigenvalue weighted by atomic mass is 10.1. The molecule has 2 heterocycles. The smallest absolute Gasteiger partial charge is 0.355 e. The Hall–Kier alpha value is -3.54. The number of esters is 1. The third-order valence-corrected chi connectivity index (χ3v) is 4.30. The van der Waals surface area contributed by atoms with Crippen LogP contribution in [-0.4, -0.2) is 23.2 Å². The summed E-state index contributed by atoms with van der Waals surface area (Å²) < 4.78 is 10.7. The van der Waals surface area contributed by atoms with E-state index in [9.17, 15) is 14.7 Å². The Morgan fingerprint density at radius 3 is 2.62 bits per heavy atom. The molecule has 2 aromatic carbocycles. The molecule has 2 aromatic heterocycles.